The highest BCUT2D eigenvalue weighted by atomic mass is 16.3. The van der Waals surface area contributed by atoms with E-state index in [4.69, 9.17) is 0 Å². The highest BCUT2D eigenvalue weighted by Gasteiger charge is 2.08. The number of aromatic hydroxyl groups is 1. The third-order valence-corrected chi connectivity index (χ3v) is 3.04. The third kappa shape index (κ3) is 3.24. The molecule has 1 N–H and O–H groups in total. The first-order chi connectivity index (χ1) is 7.34. The molecule has 0 atom stereocenters. The van der Waals surface area contributed by atoms with Gasteiger partial charge in [-0.2, -0.15) is 0 Å². The normalized spacial score (nSPS) is 18.7. The van der Waals surface area contributed by atoms with E-state index in [0.29, 0.717) is 5.75 Å². The number of nitrogens with zero attached hydrogens (tertiary/aromatic N) is 1. The predicted octanol–water partition coefficient (Wildman–Crippen LogP) is 2.77. The summed E-state index contributed by atoms with van der Waals surface area (Å²) >= 11 is 0. The molecule has 1 aliphatic rings. The SMILES string of the molecule is Oc1ccc(CN2CCCCCC2)cc1. The zero-order chi connectivity index (χ0) is 10.5. The van der Waals surface area contributed by atoms with Crippen molar-refractivity contribution in [1.29, 1.82) is 0 Å². The van der Waals surface area contributed by atoms with Crippen molar-refractivity contribution in [2.45, 2.75) is 32.2 Å². The number of hydrogen-bond donors (Lipinski definition) is 1. The zero-order valence-electron chi connectivity index (χ0n) is 9.15. The summed E-state index contributed by atoms with van der Waals surface area (Å²) in [6.45, 7) is 3.47. The van der Waals surface area contributed by atoms with Crippen molar-refractivity contribution in [3.63, 3.8) is 0 Å². The van der Waals surface area contributed by atoms with Gasteiger partial charge in [0.1, 0.15) is 5.75 Å². The molecule has 2 heteroatoms. The highest BCUT2D eigenvalue weighted by molar-refractivity contribution is 5.25. The van der Waals surface area contributed by atoms with E-state index in [1.807, 2.05) is 12.1 Å². The Bertz CT molecular complexity index is 286. The average molecular weight is 205 g/mol. The molecule has 0 aromatic heterocycles. The molecule has 1 heterocycles. The van der Waals surface area contributed by atoms with Gasteiger partial charge in [-0.1, -0.05) is 25.0 Å². The monoisotopic (exact) mass is 205 g/mol. The lowest BCUT2D eigenvalue weighted by Crippen LogP contribution is -2.23. The predicted molar refractivity (Wildman–Crippen MR) is 61.9 cm³/mol. The first kappa shape index (κ1) is 10.5. The van der Waals surface area contributed by atoms with E-state index in [0.717, 1.165) is 6.54 Å². The average Bonchev–Trinajstić information content (AvgIpc) is 2.50. The van der Waals surface area contributed by atoms with Crippen LogP contribution in [0, 0.1) is 0 Å². The molecule has 0 bridgehead atoms. The Morgan fingerprint density at radius 1 is 0.933 bits per heavy atom. The van der Waals surface area contributed by atoms with Crippen molar-refractivity contribution < 1.29 is 5.11 Å². The van der Waals surface area contributed by atoms with E-state index >= 15 is 0 Å². The Balaban J connectivity index is 1.92. The van der Waals surface area contributed by atoms with Crippen molar-refractivity contribution in [2.75, 3.05) is 13.1 Å². The minimum absolute atomic E-state index is 0.356. The Labute approximate surface area is 91.5 Å². The summed E-state index contributed by atoms with van der Waals surface area (Å²) in [5.41, 5.74) is 1.30. The van der Waals surface area contributed by atoms with Gasteiger partial charge in [-0.3, -0.25) is 4.90 Å². The number of rotatable bonds is 2. The maximum Gasteiger partial charge on any atom is 0.115 e. The van der Waals surface area contributed by atoms with Crippen LogP contribution in [0.5, 0.6) is 5.75 Å². The highest BCUT2D eigenvalue weighted by Crippen LogP contribution is 2.15. The molecule has 15 heavy (non-hydrogen) atoms. The smallest absolute Gasteiger partial charge is 0.115 e. The number of phenols is 1. The van der Waals surface area contributed by atoms with Crippen molar-refractivity contribution >= 4 is 0 Å². The summed E-state index contributed by atoms with van der Waals surface area (Å²) in [6.07, 6.45) is 5.42. The van der Waals surface area contributed by atoms with E-state index < -0.39 is 0 Å². The van der Waals surface area contributed by atoms with Crippen LogP contribution < -0.4 is 0 Å². The van der Waals surface area contributed by atoms with Crippen LogP contribution in [0.1, 0.15) is 31.2 Å². The number of hydrogen-bond acceptors (Lipinski definition) is 2. The molecule has 1 fully saturated rings. The molecule has 0 radical (unpaired) electrons. The fraction of sp³-hybridized carbons (Fsp3) is 0.538. The second-order valence-corrected chi connectivity index (χ2v) is 4.36. The van der Waals surface area contributed by atoms with Crippen LogP contribution in [-0.2, 0) is 6.54 Å². The van der Waals surface area contributed by atoms with Gasteiger partial charge in [-0.15, -0.1) is 0 Å². The molecule has 0 amide bonds. The maximum absolute atomic E-state index is 9.19. The van der Waals surface area contributed by atoms with Gasteiger partial charge in [0.25, 0.3) is 0 Å². The maximum atomic E-state index is 9.19. The molecule has 2 rings (SSSR count). The molecule has 1 aliphatic heterocycles. The minimum Gasteiger partial charge on any atom is -0.508 e. The first-order valence-corrected chi connectivity index (χ1v) is 5.85. The van der Waals surface area contributed by atoms with Crippen molar-refractivity contribution in [1.82, 2.24) is 4.90 Å². The molecule has 0 saturated carbocycles. The number of benzene rings is 1. The minimum atomic E-state index is 0.356. The second kappa shape index (κ2) is 5.17. The summed E-state index contributed by atoms with van der Waals surface area (Å²) < 4.78 is 0. The number of likely N-dealkylation sites (tertiary alicyclic amines) is 1. The van der Waals surface area contributed by atoms with Gasteiger partial charge < -0.3 is 5.11 Å². The topological polar surface area (TPSA) is 23.5 Å². The molecule has 1 aromatic carbocycles. The molecule has 0 unspecified atom stereocenters. The first-order valence-electron chi connectivity index (χ1n) is 5.85. The molecular formula is C13H19NO. The van der Waals surface area contributed by atoms with Gasteiger partial charge in [-0.05, 0) is 43.6 Å². The summed E-state index contributed by atoms with van der Waals surface area (Å²) in [4.78, 5) is 2.51. The molecule has 1 aromatic rings. The summed E-state index contributed by atoms with van der Waals surface area (Å²) in [6, 6.07) is 7.57. The van der Waals surface area contributed by atoms with Gasteiger partial charge in [0.05, 0.1) is 0 Å². The molecule has 2 nitrogen and oxygen atoms in total. The van der Waals surface area contributed by atoms with E-state index in [-0.39, 0.29) is 0 Å². The second-order valence-electron chi connectivity index (χ2n) is 4.36. The van der Waals surface area contributed by atoms with Crippen LogP contribution in [0.3, 0.4) is 0 Å². The molecule has 1 saturated heterocycles. The lowest BCUT2D eigenvalue weighted by atomic mass is 10.2. The van der Waals surface area contributed by atoms with Gasteiger partial charge in [0.2, 0.25) is 0 Å². The van der Waals surface area contributed by atoms with E-state index in [2.05, 4.69) is 4.90 Å². The molecule has 0 spiro atoms. The standard InChI is InChI=1S/C13H19NO/c15-13-7-5-12(6-8-13)11-14-9-3-1-2-4-10-14/h5-8,15H,1-4,9-11H2. The third-order valence-electron chi connectivity index (χ3n) is 3.04. The summed E-state index contributed by atoms with van der Waals surface area (Å²) in [5.74, 6) is 0.356. The van der Waals surface area contributed by atoms with Gasteiger partial charge >= 0.3 is 0 Å². The Hall–Kier alpha value is -1.02. The van der Waals surface area contributed by atoms with E-state index in [1.165, 1.54) is 44.3 Å². The van der Waals surface area contributed by atoms with Crippen molar-refractivity contribution in [3.05, 3.63) is 29.8 Å². The lowest BCUT2D eigenvalue weighted by Gasteiger charge is -2.19. The van der Waals surface area contributed by atoms with Crippen LogP contribution >= 0.6 is 0 Å². The van der Waals surface area contributed by atoms with Crippen LogP contribution in [0.25, 0.3) is 0 Å². The van der Waals surface area contributed by atoms with Gasteiger partial charge in [0.15, 0.2) is 0 Å². The summed E-state index contributed by atoms with van der Waals surface area (Å²) in [7, 11) is 0. The number of phenolic OH excluding ortho intramolecular Hbond substituents is 1. The quantitative estimate of drug-likeness (QED) is 0.802. The van der Waals surface area contributed by atoms with E-state index in [9.17, 15) is 5.11 Å². The zero-order valence-corrected chi connectivity index (χ0v) is 9.15. The Morgan fingerprint density at radius 2 is 1.53 bits per heavy atom. The van der Waals surface area contributed by atoms with Crippen LogP contribution in [-0.4, -0.2) is 23.1 Å². The Morgan fingerprint density at radius 3 is 2.13 bits per heavy atom. The largest absolute Gasteiger partial charge is 0.508 e. The van der Waals surface area contributed by atoms with Crippen LogP contribution in [0.4, 0.5) is 0 Å². The molecule has 82 valence electrons. The molecular weight excluding hydrogens is 186 g/mol. The fourth-order valence-corrected chi connectivity index (χ4v) is 2.15. The van der Waals surface area contributed by atoms with Crippen LogP contribution in [0.15, 0.2) is 24.3 Å². The van der Waals surface area contributed by atoms with Gasteiger partial charge in [-0.25, -0.2) is 0 Å². The molecule has 0 aliphatic carbocycles. The van der Waals surface area contributed by atoms with Crippen molar-refractivity contribution in [3.8, 4) is 5.75 Å². The van der Waals surface area contributed by atoms with Crippen molar-refractivity contribution in [2.24, 2.45) is 0 Å². The lowest BCUT2D eigenvalue weighted by molar-refractivity contribution is 0.277. The van der Waals surface area contributed by atoms with Gasteiger partial charge in [0, 0.05) is 6.54 Å². The Kier molecular flexibility index (Phi) is 3.62. The fourth-order valence-electron chi connectivity index (χ4n) is 2.15. The van der Waals surface area contributed by atoms with E-state index in [1.54, 1.807) is 12.1 Å². The summed E-state index contributed by atoms with van der Waals surface area (Å²) in [5, 5.41) is 9.19. The van der Waals surface area contributed by atoms with Crippen LogP contribution in [0.2, 0.25) is 0 Å².